The van der Waals surface area contributed by atoms with Gasteiger partial charge in [0.2, 0.25) is 17.7 Å². The van der Waals surface area contributed by atoms with Crippen molar-refractivity contribution in [1.82, 2.24) is 10.3 Å². The van der Waals surface area contributed by atoms with E-state index < -0.39 is 35.3 Å². The van der Waals surface area contributed by atoms with Gasteiger partial charge in [0.05, 0.1) is 17.5 Å². The normalized spacial score (nSPS) is 25.3. The molecule has 2 fully saturated rings. The van der Waals surface area contributed by atoms with Crippen molar-refractivity contribution in [3.05, 3.63) is 90.1 Å². The summed E-state index contributed by atoms with van der Waals surface area (Å²) >= 11 is 0. The average Bonchev–Trinajstić information content (AvgIpc) is 3.63. The van der Waals surface area contributed by atoms with Crippen LogP contribution in [0, 0.1) is 11.8 Å². The SMILES string of the molecule is CC(=O)Oc1ccc(N2C(=O)C3C(Cc4c[nH]c5ccccc45)NC4(C(=O)Nc5ccccc54)C3C2=O)cc1. The van der Waals surface area contributed by atoms with Gasteiger partial charge in [-0.2, -0.15) is 0 Å². The molecule has 9 heteroatoms. The van der Waals surface area contributed by atoms with Gasteiger partial charge in [-0.05, 0) is 48.4 Å². The van der Waals surface area contributed by atoms with E-state index >= 15 is 0 Å². The van der Waals surface area contributed by atoms with Crippen LogP contribution in [0.3, 0.4) is 0 Å². The van der Waals surface area contributed by atoms with Crippen LogP contribution in [-0.4, -0.2) is 34.7 Å². The first-order valence-corrected chi connectivity index (χ1v) is 12.8. The highest BCUT2D eigenvalue weighted by molar-refractivity contribution is 6.25. The highest BCUT2D eigenvalue weighted by atomic mass is 16.5. The lowest BCUT2D eigenvalue weighted by Gasteiger charge is -2.29. The van der Waals surface area contributed by atoms with Crippen molar-refractivity contribution in [3.63, 3.8) is 0 Å². The van der Waals surface area contributed by atoms with E-state index in [9.17, 15) is 19.2 Å². The third kappa shape index (κ3) is 3.29. The molecule has 4 heterocycles. The molecule has 9 nitrogen and oxygen atoms in total. The first-order chi connectivity index (χ1) is 18.9. The van der Waals surface area contributed by atoms with E-state index in [0.29, 0.717) is 29.1 Å². The topological polar surface area (TPSA) is 121 Å². The van der Waals surface area contributed by atoms with Gasteiger partial charge < -0.3 is 15.0 Å². The van der Waals surface area contributed by atoms with Crippen molar-refractivity contribution in [2.75, 3.05) is 10.2 Å². The van der Waals surface area contributed by atoms with Crippen molar-refractivity contribution in [3.8, 4) is 5.75 Å². The fourth-order valence-electron chi connectivity index (χ4n) is 6.55. The molecule has 0 aliphatic carbocycles. The molecule has 1 spiro atoms. The van der Waals surface area contributed by atoms with Crippen LogP contribution < -0.4 is 20.3 Å². The van der Waals surface area contributed by atoms with Gasteiger partial charge in [-0.3, -0.25) is 24.5 Å². The van der Waals surface area contributed by atoms with E-state index in [-0.39, 0.29) is 11.8 Å². The van der Waals surface area contributed by atoms with Crippen molar-refractivity contribution in [1.29, 1.82) is 0 Å². The number of nitrogens with one attached hydrogen (secondary N) is 3. The third-order valence-electron chi connectivity index (χ3n) is 8.09. The molecule has 3 N–H and O–H groups in total. The lowest BCUT2D eigenvalue weighted by molar-refractivity contribution is -0.132. The number of carbonyl (C=O) groups excluding carboxylic acids is 4. The van der Waals surface area contributed by atoms with Crippen LogP contribution in [0.25, 0.3) is 10.9 Å². The smallest absolute Gasteiger partial charge is 0.308 e. The molecule has 7 rings (SSSR count). The number of ether oxygens (including phenoxy) is 1. The molecule has 0 radical (unpaired) electrons. The minimum absolute atomic E-state index is 0.310. The highest BCUT2D eigenvalue weighted by Gasteiger charge is 2.70. The number of anilines is 2. The number of fused-ring (bicyclic) bond motifs is 5. The predicted molar refractivity (Wildman–Crippen MR) is 143 cm³/mol. The first kappa shape index (κ1) is 23.4. The number of nitrogens with zero attached hydrogens (tertiary/aromatic N) is 1. The minimum Gasteiger partial charge on any atom is -0.427 e. The Morgan fingerprint density at radius 2 is 1.69 bits per heavy atom. The maximum Gasteiger partial charge on any atom is 0.308 e. The summed E-state index contributed by atoms with van der Waals surface area (Å²) in [7, 11) is 0. The van der Waals surface area contributed by atoms with Gasteiger partial charge >= 0.3 is 5.97 Å². The van der Waals surface area contributed by atoms with E-state index in [1.165, 1.54) is 11.8 Å². The number of para-hydroxylation sites is 2. The average molecular weight is 521 g/mol. The second-order valence-electron chi connectivity index (χ2n) is 10.2. The summed E-state index contributed by atoms with van der Waals surface area (Å²) in [6.07, 6.45) is 2.36. The van der Waals surface area contributed by atoms with Crippen molar-refractivity contribution < 1.29 is 23.9 Å². The zero-order chi connectivity index (χ0) is 26.9. The number of benzene rings is 3. The molecule has 1 aromatic heterocycles. The molecule has 4 unspecified atom stereocenters. The number of hydrogen-bond donors (Lipinski definition) is 3. The molecule has 2 saturated heterocycles. The predicted octanol–water partition coefficient (Wildman–Crippen LogP) is 3.26. The summed E-state index contributed by atoms with van der Waals surface area (Å²) in [6, 6.07) is 21.0. The Morgan fingerprint density at radius 3 is 2.49 bits per heavy atom. The molecule has 0 saturated carbocycles. The molecule has 4 aromatic rings. The monoisotopic (exact) mass is 520 g/mol. The van der Waals surface area contributed by atoms with Crippen molar-refractivity contribution in [2.24, 2.45) is 11.8 Å². The fourth-order valence-corrected chi connectivity index (χ4v) is 6.55. The van der Waals surface area contributed by atoms with Crippen LogP contribution in [0.1, 0.15) is 18.1 Å². The first-order valence-electron chi connectivity index (χ1n) is 12.8. The summed E-state index contributed by atoms with van der Waals surface area (Å²) in [6.45, 7) is 1.30. The van der Waals surface area contributed by atoms with E-state index in [1.54, 1.807) is 30.3 Å². The quantitative estimate of drug-likeness (QED) is 0.216. The Morgan fingerprint density at radius 1 is 0.949 bits per heavy atom. The molecule has 3 aromatic carbocycles. The standard InChI is InChI=1S/C30H24N4O5/c1-16(35)39-19-12-10-18(11-13-19)34-27(36)25-24(14-17-15-31-22-8-4-2-6-20(17)22)33-30(26(25)28(34)37)21-7-3-5-9-23(21)32-29(30)38/h2-13,15,24-26,31,33H,14H2,1H3,(H,32,38). The third-order valence-corrected chi connectivity index (χ3v) is 8.09. The Balaban J connectivity index is 1.33. The van der Waals surface area contributed by atoms with Gasteiger partial charge in [-0.1, -0.05) is 36.4 Å². The van der Waals surface area contributed by atoms with Crippen molar-refractivity contribution in [2.45, 2.75) is 24.9 Å². The largest absolute Gasteiger partial charge is 0.427 e. The highest BCUT2D eigenvalue weighted by Crippen LogP contribution is 2.54. The Labute approximate surface area is 223 Å². The summed E-state index contributed by atoms with van der Waals surface area (Å²) < 4.78 is 5.11. The van der Waals surface area contributed by atoms with E-state index in [1.807, 2.05) is 48.7 Å². The van der Waals surface area contributed by atoms with Crippen molar-refractivity contribution >= 4 is 46.0 Å². The van der Waals surface area contributed by atoms with Crippen LogP contribution in [0.2, 0.25) is 0 Å². The number of amides is 3. The Kier molecular flexibility index (Phi) is 5.02. The summed E-state index contributed by atoms with van der Waals surface area (Å²) in [5.41, 5.74) is 2.25. The van der Waals surface area contributed by atoms with Crippen LogP contribution in [-0.2, 0) is 31.1 Å². The van der Waals surface area contributed by atoms with Gasteiger partial charge in [-0.15, -0.1) is 0 Å². The lowest BCUT2D eigenvalue weighted by Crippen LogP contribution is -2.53. The molecule has 3 aliphatic rings. The maximum atomic E-state index is 14.1. The lowest BCUT2D eigenvalue weighted by atomic mass is 9.76. The van der Waals surface area contributed by atoms with Crippen LogP contribution in [0.5, 0.6) is 5.75 Å². The van der Waals surface area contributed by atoms with E-state index in [2.05, 4.69) is 15.6 Å². The van der Waals surface area contributed by atoms with E-state index in [4.69, 9.17) is 4.74 Å². The van der Waals surface area contributed by atoms with Crippen LogP contribution in [0.15, 0.2) is 79.0 Å². The number of aromatic nitrogens is 1. The second-order valence-corrected chi connectivity index (χ2v) is 10.2. The number of aromatic amines is 1. The molecule has 3 amide bonds. The van der Waals surface area contributed by atoms with Gasteiger partial charge in [0.15, 0.2) is 0 Å². The number of rotatable bonds is 4. The number of hydrogen-bond acceptors (Lipinski definition) is 6. The zero-order valence-corrected chi connectivity index (χ0v) is 20.9. The van der Waals surface area contributed by atoms with Gasteiger partial charge in [-0.25, -0.2) is 4.90 Å². The molecular formula is C30H24N4O5. The number of H-pyrrole nitrogens is 1. The zero-order valence-electron chi connectivity index (χ0n) is 20.9. The van der Waals surface area contributed by atoms with Gasteiger partial charge in [0.1, 0.15) is 11.3 Å². The van der Waals surface area contributed by atoms with Gasteiger partial charge in [0, 0.05) is 41.3 Å². The Hall–Kier alpha value is -4.76. The molecule has 194 valence electrons. The number of imide groups is 1. The second kappa shape index (κ2) is 8.37. The molecule has 4 atom stereocenters. The fraction of sp³-hybridized carbons (Fsp3) is 0.200. The number of esters is 1. The van der Waals surface area contributed by atoms with Crippen LogP contribution in [0.4, 0.5) is 11.4 Å². The summed E-state index contributed by atoms with van der Waals surface area (Å²) in [5, 5.41) is 7.45. The molecule has 3 aliphatic heterocycles. The summed E-state index contributed by atoms with van der Waals surface area (Å²) in [5.74, 6) is -3.00. The molecule has 39 heavy (non-hydrogen) atoms. The van der Waals surface area contributed by atoms with E-state index in [0.717, 1.165) is 16.5 Å². The number of carbonyl (C=O) groups is 4. The molecule has 0 bridgehead atoms. The minimum atomic E-state index is -1.38. The Bertz CT molecular complexity index is 1690. The molecular weight excluding hydrogens is 496 g/mol. The van der Waals surface area contributed by atoms with Crippen LogP contribution >= 0.6 is 0 Å². The van der Waals surface area contributed by atoms with Gasteiger partial charge in [0.25, 0.3) is 0 Å². The maximum absolute atomic E-state index is 14.1. The summed E-state index contributed by atoms with van der Waals surface area (Å²) in [4.78, 5) is 57.7.